The van der Waals surface area contributed by atoms with Gasteiger partial charge in [-0.1, -0.05) is 0 Å². The molecule has 0 atom stereocenters. The molecular formula is C8H10O8S2. The molecule has 0 saturated carbocycles. The Labute approximate surface area is 103 Å². The van der Waals surface area contributed by atoms with E-state index in [0.717, 1.165) is 13.8 Å². The fourth-order valence-corrected chi connectivity index (χ4v) is 3.31. The minimum atomic E-state index is -4.97. The zero-order chi connectivity index (χ0) is 14.5. The van der Waals surface area contributed by atoms with Gasteiger partial charge in [0.05, 0.1) is 0 Å². The first-order chi connectivity index (χ1) is 7.89. The van der Waals surface area contributed by atoms with Gasteiger partial charge in [0.15, 0.2) is 5.75 Å². The van der Waals surface area contributed by atoms with Gasteiger partial charge in [-0.05, 0) is 13.8 Å². The normalized spacial score (nSPS) is 12.7. The second-order valence-electron chi connectivity index (χ2n) is 3.56. The fourth-order valence-electron chi connectivity index (χ4n) is 1.59. The number of phenolic OH excluding ortho intramolecular Hbond substituents is 2. The summed E-state index contributed by atoms with van der Waals surface area (Å²) >= 11 is 0. The SMILES string of the molecule is Cc1c(O)c(C)c(S(=O)(=O)O)c(O)c1S(=O)(=O)O. The molecule has 0 radical (unpaired) electrons. The molecule has 10 heteroatoms. The van der Waals surface area contributed by atoms with Gasteiger partial charge in [0, 0.05) is 11.1 Å². The number of aromatic hydroxyl groups is 2. The summed E-state index contributed by atoms with van der Waals surface area (Å²) in [5, 5.41) is 19.1. The maximum absolute atomic E-state index is 11.0. The number of rotatable bonds is 2. The van der Waals surface area contributed by atoms with Crippen LogP contribution >= 0.6 is 0 Å². The average Bonchev–Trinajstić information content (AvgIpc) is 2.09. The van der Waals surface area contributed by atoms with E-state index in [-0.39, 0.29) is 0 Å². The van der Waals surface area contributed by atoms with Gasteiger partial charge in [0.2, 0.25) is 0 Å². The van der Waals surface area contributed by atoms with Crippen molar-refractivity contribution in [1.82, 2.24) is 0 Å². The monoisotopic (exact) mass is 298 g/mol. The first-order valence-corrected chi connectivity index (χ1v) is 7.27. The average molecular weight is 298 g/mol. The van der Waals surface area contributed by atoms with Gasteiger partial charge in [-0.15, -0.1) is 0 Å². The molecule has 1 aromatic carbocycles. The summed E-state index contributed by atoms with van der Waals surface area (Å²) in [5.74, 6) is -2.11. The molecule has 18 heavy (non-hydrogen) atoms. The van der Waals surface area contributed by atoms with Gasteiger partial charge in [-0.3, -0.25) is 9.11 Å². The molecule has 1 aromatic rings. The van der Waals surface area contributed by atoms with Gasteiger partial charge in [0.1, 0.15) is 15.5 Å². The van der Waals surface area contributed by atoms with Gasteiger partial charge < -0.3 is 10.2 Å². The van der Waals surface area contributed by atoms with Gasteiger partial charge >= 0.3 is 0 Å². The van der Waals surface area contributed by atoms with E-state index in [0.29, 0.717) is 0 Å². The highest BCUT2D eigenvalue weighted by atomic mass is 32.2. The van der Waals surface area contributed by atoms with Gasteiger partial charge in [-0.25, -0.2) is 0 Å². The minimum Gasteiger partial charge on any atom is -0.507 e. The summed E-state index contributed by atoms with van der Waals surface area (Å²) in [5.41, 5.74) is -0.861. The maximum Gasteiger partial charge on any atom is 0.298 e. The van der Waals surface area contributed by atoms with Crippen molar-refractivity contribution in [3.05, 3.63) is 11.1 Å². The van der Waals surface area contributed by atoms with Crippen LogP contribution in [-0.4, -0.2) is 36.2 Å². The maximum atomic E-state index is 11.0. The zero-order valence-electron chi connectivity index (χ0n) is 9.24. The third kappa shape index (κ3) is 2.27. The third-order valence-electron chi connectivity index (χ3n) is 2.34. The van der Waals surface area contributed by atoms with Crippen molar-refractivity contribution in [2.24, 2.45) is 0 Å². The van der Waals surface area contributed by atoms with Crippen molar-refractivity contribution in [3.8, 4) is 11.5 Å². The molecule has 0 saturated heterocycles. The lowest BCUT2D eigenvalue weighted by Gasteiger charge is -2.14. The van der Waals surface area contributed by atoms with Crippen molar-refractivity contribution in [2.75, 3.05) is 0 Å². The molecule has 0 aromatic heterocycles. The molecule has 8 nitrogen and oxygen atoms in total. The summed E-state index contributed by atoms with van der Waals surface area (Å²) in [6, 6.07) is 0. The van der Waals surface area contributed by atoms with E-state index in [9.17, 15) is 27.0 Å². The molecule has 0 amide bonds. The van der Waals surface area contributed by atoms with Crippen LogP contribution in [0.3, 0.4) is 0 Å². The highest BCUT2D eigenvalue weighted by Gasteiger charge is 2.31. The Hall–Kier alpha value is -1.36. The molecule has 4 N–H and O–H groups in total. The molecule has 0 heterocycles. The van der Waals surface area contributed by atoms with Crippen LogP contribution in [0.2, 0.25) is 0 Å². The predicted molar refractivity (Wildman–Crippen MR) is 58.9 cm³/mol. The quantitative estimate of drug-likeness (QED) is 0.447. The van der Waals surface area contributed by atoms with Crippen molar-refractivity contribution in [1.29, 1.82) is 0 Å². The van der Waals surface area contributed by atoms with Crippen LogP contribution in [0.25, 0.3) is 0 Å². The Balaban J connectivity index is 4.09. The van der Waals surface area contributed by atoms with Gasteiger partial charge in [0.25, 0.3) is 20.2 Å². The lowest BCUT2D eigenvalue weighted by Crippen LogP contribution is -2.09. The fraction of sp³-hybridized carbons (Fsp3) is 0.250. The molecule has 0 aliphatic rings. The lowest BCUT2D eigenvalue weighted by atomic mass is 10.1. The molecule has 0 unspecified atom stereocenters. The van der Waals surface area contributed by atoms with Crippen molar-refractivity contribution in [3.63, 3.8) is 0 Å². The first-order valence-electron chi connectivity index (χ1n) is 4.39. The van der Waals surface area contributed by atoms with E-state index in [1.807, 2.05) is 0 Å². The number of phenols is 2. The Morgan fingerprint density at radius 3 is 1.22 bits per heavy atom. The third-order valence-corrected chi connectivity index (χ3v) is 4.37. The van der Waals surface area contributed by atoms with Crippen molar-refractivity contribution >= 4 is 20.2 Å². The zero-order valence-corrected chi connectivity index (χ0v) is 10.9. The standard InChI is InChI=1S/C8H10O8S2/c1-3-5(9)4(2)8(18(14,15)16)6(10)7(3)17(11,12)13/h9-10H,1-2H3,(H,11,12,13)(H,14,15,16). The Bertz CT molecular complexity index is 655. The number of hydrogen-bond donors (Lipinski definition) is 4. The molecule has 0 spiro atoms. The van der Waals surface area contributed by atoms with E-state index in [2.05, 4.69) is 0 Å². The smallest absolute Gasteiger partial charge is 0.298 e. The number of hydrogen-bond acceptors (Lipinski definition) is 6. The van der Waals surface area contributed by atoms with E-state index >= 15 is 0 Å². The Kier molecular flexibility index (Phi) is 3.34. The van der Waals surface area contributed by atoms with Crippen LogP contribution in [0, 0.1) is 13.8 Å². The van der Waals surface area contributed by atoms with Crippen LogP contribution < -0.4 is 0 Å². The summed E-state index contributed by atoms with van der Waals surface area (Å²) in [7, 11) is -9.94. The van der Waals surface area contributed by atoms with E-state index in [4.69, 9.17) is 9.11 Å². The highest BCUT2D eigenvalue weighted by Crippen LogP contribution is 2.41. The minimum absolute atomic E-state index is 0.431. The summed E-state index contributed by atoms with van der Waals surface area (Å²) in [6.07, 6.45) is 0. The summed E-state index contributed by atoms with van der Waals surface area (Å²) in [6.45, 7) is 2.11. The predicted octanol–water partition coefficient (Wildman–Crippen LogP) is 0.208. The van der Waals surface area contributed by atoms with E-state index < -0.39 is 52.7 Å². The second kappa shape index (κ2) is 4.09. The summed E-state index contributed by atoms with van der Waals surface area (Å²) < 4.78 is 61.9. The molecule has 0 bridgehead atoms. The summed E-state index contributed by atoms with van der Waals surface area (Å²) in [4.78, 5) is -2.34. The van der Waals surface area contributed by atoms with Crippen LogP contribution in [-0.2, 0) is 20.2 Å². The van der Waals surface area contributed by atoms with Gasteiger partial charge in [-0.2, -0.15) is 16.8 Å². The molecular weight excluding hydrogens is 288 g/mol. The largest absolute Gasteiger partial charge is 0.507 e. The Morgan fingerprint density at radius 2 is 1.00 bits per heavy atom. The molecule has 0 fully saturated rings. The Morgan fingerprint density at radius 1 is 0.722 bits per heavy atom. The second-order valence-corrected chi connectivity index (χ2v) is 6.27. The van der Waals surface area contributed by atoms with Crippen LogP contribution in [0.1, 0.15) is 11.1 Å². The van der Waals surface area contributed by atoms with Crippen LogP contribution in [0.5, 0.6) is 11.5 Å². The molecule has 0 aliphatic carbocycles. The van der Waals surface area contributed by atoms with E-state index in [1.165, 1.54) is 0 Å². The van der Waals surface area contributed by atoms with Crippen LogP contribution in [0.4, 0.5) is 0 Å². The van der Waals surface area contributed by atoms with Crippen molar-refractivity contribution in [2.45, 2.75) is 23.6 Å². The highest BCUT2D eigenvalue weighted by molar-refractivity contribution is 7.87. The lowest BCUT2D eigenvalue weighted by molar-refractivity contribution is 0.406. The molecule has 0 aliphatic heterocycles. The topological polar surface area (TPSA) is 149 Å². The molecule has 102 valence electrons. The van der Waals surface area contributed by atoms with Crippen molar-refractivity contribution < 1.29 is 36.2 Å². The number of benzene rings is 1. The molecule has 1 rings (SSSR count). The first kappa shape index (κ1) is 14.7. The van der Waals surface area contributed by atoms with E-state index in [1.54, 1.807) is 0 Å². The van der Waals surface area contributed by atoms with Crippen LogP contribution in [0.15, 0.2) is 9.79 Å².